The summed E-state index contributed by atoms with van der Waals surface area (Å²) in [6, 6.07) is 5.99. The summed E-state index contributed by atoms with van der Waals surface area (Å²) < 4.78 is 27.3. The van der Waals surface area contributed by atoms with Crippen LogP contribution in [-0.4, -0.2) is 27.5 Å². The fraction of sp³-hybridized carbons (Fsp3) is 0.625. The predicted molar refractivity (Wildman–Crippen MR) is 86.0 cm³/mol. The molecule has 0 aromatic heterocycles. The Hall–Kier alpha value is -0.910. The minimum Gasteiger partial charge on any atom is -0.314 e. The van der Waals surface area contributed by atoms with E-state index >= 15 is 0 Å². The van der Waals surface area contributed by atoms with Crippen LogP contribution in [0.25, 0.3) is 0 Å². The van der Waals surface area contributed by atoms with Gasteiger partial charge in [-0.05, 0) is 61.9 Å². The van der Waals surface area contributed by atoms with Gasteiger partial charge in [0.25, 0.3) is 0 Å². The minimum absolute atomic E-state index is 0.403. The van der Waals surface area contributed by atoms with Gasteiger partial charge in [0.2, 0.25) is 10.0 Å². The first-order chi connectivity index (χ1) is 9.99. The van der Waals surface area contributed by atoms with Gasteiger partial charge < -0.3 is 5.32 Å². The van der Waals surface area contributed by atoms with E-state index in [0.717, 1.165) is 32.2 Å². The van der Waals surface area contributed by atoms with Gasteiger partial charge in [0.05, 0.1) is 4.90 Å². The highest BCUT2D eigenvalue weighted by Gasteiger charge is 2.17. The quantitative estimate of drug-likeness (QED) is 0.759. The Kier molecular flexibility index (Phi) is 5.79. The molecule has 0 saturated carbocycles. The summed E-state index contributed by atoms with van der Waals surface area (Å²) in [4.78, 5) is 0.403. The molecule has 5 heteroatoms. The Morgan fingerprint density at radius 2 is 1.81 bits per heavy atom. The van der Waals surface area contributed by atoms with Crippen molar-refractivity contribution in [2.24, 2.45) is 0 Å². The van der Waals surface area contributed by atoms with Crippen molar-refractivity contribution in [1.29, 1.82) is 0 Å². The third-order valence-electron chi connectivity index (χ3n) is 3.83. The summed E-state index contributed by atoms with van der Waals surface area (Å²) >= 11 is 0. The van der Waals surface area contributed by atoms with Gasteiger partial charge in [-0.1, -0.05) is 19.9 Å². The SMILES string of the molecule is CC(C)NCCCNS(=O)(=O)c1ccc2c(c1)CCCC2. The van der Waals surface area contributed by atoms with E-state index in [1.807, 2.05) is 12.1 Å². The lowest BCUT2D eigenvalue weighted by atomic mass is 9.92. The first-order valence-electron chi connectivity index (χ1n) is 7.84. The van der Waals surface area contributed by atoms with Crippen LogP contribution in [0.2, 0.25) is 0 Å². The fourth-order valence-corrected chi connectivity index (χ4v) is 3.77. The first kappa shape index (κ1) is 16.5. The van der Waals surface area contributed by atoms with Crippen molar-refractivity contribution in [2.75, 3.05) is 13.1 Å². The van der Waals surface area contributed by atoms with Crippen LogP contribution in [0.1, 0.15) is 44.2 Å². The van der Waals surface area contributed by atoms with Crippen LogP contribution in [0.3, 0.4) is 0 Å². The van der Waals surface area contributed by atoms with Gasteiger partial charge in [0.15, 0.2) is 0 Å². The standard InChI is InChI=1S/C16H26N2O2S/c1-13(2)17-10-5-11-18-21(19,20)16-9-8-14-6-3-4-7-15(14)12-16/h8-9,12-13,17-18H,3-7,10-11H2,1-2H3. The predicted octanol–water partition coefficient (Wildman–Crippen LogP) is 2.23. The molecule has 0 bridgehead atoms. The average molecular weight is 310 g/mol. The van der Waals surface area contributed by atoms with Crippen molar-refractivity contribution in [3.05, 3.63) is 29.3 Å². The van der Waals surface area contributed by atoms with Gasteiger partial charge in [0, 0.05) is 12.6 Å². The summed E-state index contributed by atoms with van der Waals surface area (Å²) in [6.45, 7) is 5.46. The second-order valence-electron chi connectivity index (χ2n) is 6.00. The molecule has 0 spiro atoms. The zero-order valence-corrected chi connectivity index (χ0v) is 13.8. The van der Waals surface area contributed by atoms with Crippen LogP contribution in [0, 0.1) is 0 Å². The normalized spacial score (nSPS) is 15.2. The molecule has 0 unspecified atom stereocenters. The summed E-state index contributed by atoms with van der Waals surface area (Å²) in [5.41, 5.74) is 2.51. The molecule has 1 aliphatic rings. The van der Waals surface area contributed by atoms with Gasteiger partial charge in [0.1, 0.15) is 0 Å². The third-order valence-corrected chi connectivity index (χ3v) is 5.29. The van der Waals surface area contributed by atoms with Gasteiger partial charge in [-0.15, -0.1) is 0 Å². The molecule has 0 fully saturated rings. The molecular formula is C16H26N2O2S. The molecule has 1 aromatic rings. The van der Waals surface area contributed by atoms with Gasteiger partial charge in [-0.2, -0.15) is 0 Å². The molecule has 0 amide bonds. The smallest absolute Gasteiger partial charge is 0.240 e. The van der Waals surface area contributed by atoms with Crippen molar-refractivity contribution >= 4 is 10.0 Å². The molecule has 4 nitrogen and oxygen atoms in total. The lowest BCUT2D eigenvalue weighted by Crippen LogP contribution is -2.29. The lowest BCUT2D eigenvalue weighted by molar-refractivity contribution is 0.554. The van der Waals surface area contributed by atoms with Crippen molar-refractivity contribution in [1.82, 2.24) is 10.0 Å². The number of sulfonamides is 1. The van der Waals surface area contributed by atoms with Crippen molar-refractivity contribution in [2.45, 2.75) is 56.9 Å². The molecule has 0 radical (unpaired) electrons. The van der Waals surface area contributed by atoms with E-state index in [-0.39, 0.29) is 0 Å². The van der Waals surface area contributed by atoms with Crippen LogP contribution in [0.4, 0.5) is 0 Å². The molecular weight excluding hydrogens is 284 g/mol. The third kappa shape index (κ3) is 4.80. The van der Waals surface area contributed by atoms with E-state index in [1.54, 1.807) is 6.07 Å². The van der Waals surface area contributed by atoms with E-state index in [1.165, 1.54) is 17.5 Å². The zero-order valence-electron chi connectivity index (χ0n) is 13.0. The van der Waals surface area contributed by atoms with Crippen LogP contribution < -0.4 is 10.0 Å². The maximum atomic E-state index is 12.3. The Morgan fingerprint density at radius 1 is 1.10 bits per heavy atom. The Labute approximate surface area is 128 Å². The Bertz CT molecular complexity index is 568. The molecule has 0 atom stereocenters. The van der Waals surface area contributed by atoms with Crippen molar-refractivity contribution in [3.8, 4) is 0 Å². The molecule has 1 aromatic carbocycles. The Morgan fingerprint density at radius 3 is 2.52 bits per heavy atom. The van der Waals surface area contributed by atoms with E-state index in [9.17, 15) is 8.42 Å². The molecule has 21 heavy (non-hydrogen) atoms. The lowest BCUT2D eigenvalue weighted by Gasteiger charge is -2.17. The number of hydrogen-bond donors (Lipinski definition) is 2. The minimum atomic E-state index is -3.37. The number of benzene rings is 1. The van der Waals surface area contributed by atoms with E-state index in [4.69, 9.17) is 0 Å². The number of rotatable bonds is 7. The molecule has 2 N–H and O–H groups in total. The van der Waals surface area contributed by atoms with Crippen LogP contribution >= 0.6 is 0 Å². The number of fused-ring (bicyclic) bond motifs is 1. The van der Waals surface area contributed by atoms with Crippen LogP contribution in [0.15, 0.2) is 23.1 Å². The van der Waals surface area contributed by atoms with Crippen molar-refractivity contribution < 1.29 is 8.42 Å². The zero-order chi connectivity index (χ0) is 15.3. The van der Waals surface area contributed by atoms with E-state index in [2.05, 4.69) is 23.9 Å². The molecule has 0 heterocycles. The van der Waals surface area contributed by atoms with Gasteiger partial charge in [-0.25, -0.2) is 13.1 Å². The maximum absolute atomic E-state index is 12.3. The highest BCUT2D eigenvalue weighted by atomic mass is 32.2. The molecule has 118 valence electrons. The summed E-state index contributed by atoms with van der Waals surface area (Å²) in [6.07, 6.45) is 5.23. The van der Waals surface area contributed by atoms with E-state index in [0.29, 0.717) is 17.5 Å². The average Bonchev–Trinajstić information content (AvgIpc) is 2.46. The molecule has 1 aliphatic carbocycles. The number of aryl methyl sites for hydroxylation is 2. The molecule has 0 saturated heterocycles. The summed E-state index contributed by atoms with van der Waals surface area (Å²) in [5, 5.41) is 3.28. The highest BCUT2D eigenvalue weighted by molar-refractivity contribution is 7.89. The fourth-order valence-electron chi connectivity index (χ4n) is 2.65. The second-order valence-corrected chi connectivity index (χ2v) is 7.76. The highest BCUT2D eigenvalue weighted by Crippen LogP contribution is 2.23. The second kappa shape index (κ2) is 7.38. The maximum Gasteiger partial charge on any atom is 0.240 e. The molecule has 2 rings (SSSR count). The van der Waals surface area contributed by atoms with Gasteiger partial charge in [-0.3, -0.25) is 0 Å². The topological polar surface area (TPSA) is 58.2 Å². The monoisotopic (exact) mass is 310 g/mol. The van der Waals surface area contributed by atoms with E-state index < -0.39 is 10.0 Å². The number of hydrogen-bond acceptors (Lipinski definition) is 3. The van der Waals surface area contributed by atoms with Gasteiger partial charge >= 0.3 is 0 Å². The Balaban J connectivity index is 1.93. The largest absolute Gasteiger partial charge is 0.314 e. The van der Waals surface area contributed by atoms with Crippen molar-refractivity contribution in [3.63, 3.8) is 0 Å². The van der Waals surface area contributed by atoms with Crippen LogP contribution in [-0.2, 0) is 22.9 Å². The summed E-state index contributed by atoms with van der Waals surface area (Å²) in [5.74, 6) is 0. The number of nitrogens with one attached hydrogen (secondary N) is 2. The molecule has 0 aliphatic heterocycles. The first-order valence-corrected chi connectivity index (χ1v) is 9.32. The summed E-state index contributed by atoms with van der Waals surface area (Å²) in [7, 11) is -3.37. The van der Waals surface area contributed by atoms with Crippen LogP contribution in [0.5, 0.6) is 0 Å².